The average molecular weight is 304 g/mol. The van der Waals surface area contributed by atoms with Crippen LogP contribution in [0.1, 0.15) is 38.7 Å². The molecule has 0 N–H and O–H groups in total. The summed E-state index contributed by atoms with van der Waals surface area (Å²) in [6.45, 7) is 3.80. The van der Waals surface area contributed by atoms with Crippen LogP contribution >= 0.6 is 0 Å². The van der Waals surface area contributed by atoms with Gasteiger partial charge in [0, 0.05) is 12.5 Å². The molecule has 0 saturated heterocycles. The van der Waals surface area contributed by atoms with E-state index < -0.39 is 5.92 Å². The summed E-state index contributed by atoms with van der Waals surface area (Å²) < 4.78 is 32.1. The van der Waals surface area contributed by atoms with Gasteiger partial charge in [0.2, 0.25) is 0 Å². The molecule has 3 heteroatoms. The number of unbranched alkanes of at least 4 members (excludes halogenated alkanes) is 2. The van der Waals surface area contributed by atoms with Crippen LogP contribution in [0, 0.1) is 0 Å². The van der Waals surface area contributed by atoms with Crippen molar-refractivity contribution in [2.75, 3.05) is 6.61 Å². The van der Waals surface area contributed by atoms with Crippen molar-refractivity contribution in [1.29, 1.82) is 0 Å². The summed E-state index contributed by atoms with van der Waals surface area (Å²) in [7, 11) is 0. The number of hydrogen-bond acceptors (Lipinski definition) is 1. The average Bonchev–Trinajstić information content (AvgIpc) is 2.51. The van der Waals surface area contributed by atoms with E-state index in [0.717, 1.165) is 36.8 Å². The lowest BCUT2D eigenvalue weighted by atomic mass is 10.0. The molecule has 0 aromatic heterocycles. The maximum absolute atomic E-state index is 13.2. The molecule has 0 amide bonds. The third kappa shape index (κ3) is 4.55. The Bertz CT molecular complexity index is 568. The van der Waals surface area contributed by atoms with Gasteiger partial charge in [0.1, 0.15) is 5.75 Å². The highest BCUT2D eigenvalue weighted by atomic mass is 19.3. The third-order valence-electron chi connectivity index (χ3n) is 3.60. The van der Waals surface area contributed by atoms with Gasteiger partial charge in [0.05, 0.1) is 6.61 Å². The van der Waals surface area contributed by atoms with Crippen molar-refractivity contribution in [3.05, 3.63) is 54.1 Å². The molecule has 0 spiro atoms. The zero-order valence-electron chi connectivity index (χ0n) is 13.1. The quantitative estimate of drug-likeness (QED) is 0.567. The first-order chi connectivity index (χ1) is 10.5. The molecule has 0 aliphatic carbocycles. The lowest BCUT2D eigenvalue weighted by molar-refractivity contribution is 0.0175. The molecule has 0 bridgehead atoms. The van der Waals surface area contributed by atoms with Crippen LogP contribution in [-0.2, 0) is 5.92 Å². The molecule has 118 valence electrons. The number of ether oxygens (including phenoxy) is 1. The Labute approximate surface area is 130 Å². The van der Waals surface area contributed by atoms with Gasteiger partial charge in [0.15, 0.2) is 0 Å². The fraction of sp³-hybridized carbons (Fsp3) is 0.368. The second kappa shape index (κ2) is 7.39. The van der Waals surface area contributed by atoms with Gasteiger partial charge in [-0.2, -0.15) is 0 Å². The molecule has 2 rings (SSSR count). The zero-order chi connectivity index (χ0) is 16.0. The molecule has 0 aliphatic heterocycles. The first-order valence-electron chi connectivity index (χ1n) is 7.72. The Morgan fingerprint density at radius 1 is 0.864 bits per heavy atom. The highest BCUT2D eigenvalue weighted by molar-refractivity contribution is 5.64. The summed E-state index contributed by atoms with van der Waals surface area (Å²) in [4.78, 5) is 0. The first kappa shape index (κ1) is 16.5. The van der Waals surface area contributed by atoms with E-state index in [1.807, 2.05) is 24.3 Å². The fourth-order valence-corrected chi connectivity index (χ4v) is 2.24. The third-order valence-corrected chi connectivity index (χ3v) is 3.60. The molecule has 0 radical (unpaired) electrons. The largest absolute Gasteiger partial charge is 0.494 e. The number of alkyl halides is 2. The first-order valence-corrected chi connectivity index (χ1v) is 7.72. The van der Waals surface area contributed by atoms with Crippen molar-refractivity contribution in [3.8, 4) is 16.9 Å². The minimum atomic E-state index is -2.80. The Balaban J connectivity index is 2.01. The molecule has 0 fully saturated rings. The standard InChI is InChI=1S/C19H22F2O/c1-3-4-5-14-22-18-12-8-16(9-13-18)15-6-10-17(11-7-15)19(2,20)21/h6-13H,3-5,14H2,1-2H3. The predicted octanol–water partition coefficient (Wildman–Crippen LogP) is 6.03. The summed E-state index contributed by atoms with van der Waals surface area (Å²) in [5.41, 5.74) is 1.95. The smallest absolute Gasteiger partial charge is 0.270 e. The monoisotopic (exact) mass is 304 g/mol. The van der Waals surface area contributed by atoms with Gasteiger partial charge in [0.25, 0.3) is 5.92 Å². The SMILES string of the molecule is CCCCCOc1ccc(-c2ccc(C(C)(F)F)cc2)cc1. The zero-order valence-corrected chi connectivity index (χ0v) is 13.1. The van der Waals surface area contributed by atoms with Crippen LogP contribution in [0.3, 0.4) is 0 Å². The van der Waals surface area contributed by atoms with Crippen LogP contribution in [0.15, 0.2) is 48.5 Å². The number of hydrogen-bond donors (Lipinski definition) is 0. The van der Waals surface area contributed by atoms with E-state index in [-0.39, 0.29) is 5.56 Å². The minimum Gasteiger partial charge on any atom is -0.494 e. The van der Waals surface area contributed by atoms with Crippen molar-refractivity contribution in [1.82, 2.24) is 0 Å². The Hall–Kier alpha value is -1.90. The molecule has 0 atom stereocenters. The van der Waals surface area contributed by atoms with Crippen LogP contribution in [-0.4, -0.2) is 6.61 Å². The molecular weight excluding hydrogens is 282 g/mol. The minimum absolute atomic E-state index is 0.0344. The Morgan fingerprint density at radius 3 is 1.91 bits per heavy atom. The second-order valence-corrected chi connectivity index (χ2v) is 5.55. The highest BCUT2D eigenvalue weighted by Gasteiger charge is 2.23. The highest BCUT2D eigenvalue weighted by Crippen LogP contribution is 2.29. The van der Waals surface area contributed by atoms with Crippen molar-refractivity contribution in [3.63, 3.8) is 0 Å². The maximum Gasteiger partial charge on any atom is 0.270 e. The second-order valence-electron chi connectivity index (χ2n) is 5.55. The van der Waals surface area contributed by atoms with Crippen LogP contribution < -0.4 is 4.74 Å². The molecule has 0 heterocycles. The van der Waals surface area contributed by atoms with Crippen molar-refractivity contribution < 1.29 is 13.5 Å². The van der Waals surface area contributed by atoms with Crippen molar-refractivity contribution in [2.24, 2.45) is 0 Å². The number of halogens is 2. The van der Waals surface area contributed by atoms with Crippen LogP contribution in [0.2, 0.25) is 0 Å². The summed E-state index contributed by atoms with van der Waals surface area (Å²) in [5.74, 6) is -1.95. The van der Waals surface area contributed by atoms with E-state index >= 15 is 0 Å². The van der Waals surface area contributed by atoms with Gasteiger partial charge in [-0.15, -0.1) is 0 Å². The van der Waals surface area contributed by atoms with Gasteiger partial charge in [-0.25, -0.2) is 8.78 Å². The van der Waals surface area contributed by atoms with E-state index in [9.17, 15) is 8.78 Å². The molecule has 22 heavy (non-hydrogen) atoms. The molecular formula is C19H22F2O. The molecule has 0 saturated carbocycles. The molecule has 2 aromatic rings. The van der Waals surface area contributed by atoms with Gasteiger partial charge in [-0.3, -0.25) is 0 Å². The summed E-state index contributed by atoms with van der Waals surface area (Å²) in [6, 6.07) is 14.2. The lowest BCUT2D eigenvalue weighted by Crippen LogP contribution is -2.06. The topological polar surface area (TPSA) is 9.23 Å². The van der Waals surface area contributed by atoms with E-state index in [4.69, 9.17) is 4.74 Å². The van der Waals surface area contributed by atoms with E-state index in [1.165, 1.54) is 25.0 Å². The Morgan fingerprint density at radius 2 is 1.41 bits per heavy atom. The summed E-state index contributed by atoms with van der Waals surface area (Å²) >= 11 is 0. The summed E-state index contributed by atoms with van der Waals surface area (Å²) in [6.07, 6.45) is 3.41. The van der Waals surface area contributed by atoms with E-state index in [0.29, 0.717) is 0 Å². The van der Waals surface area contributed by atoms with Crippen molar-refractivity contribution >= 4 is 0 Å². The predicted molar refractivity (Wildman–Crippen MR) is 86.5 cm³/mol. The van der Waals surface area contributed by atoms with E-state index in [2.05, 4.69) is 6.92 Å². The molecule has 0 unspecified atom stereocenters. The van der Waals surface area contributed by atoms with Gasteiger partial charge in [-0.05, 0) is 29.7 Å². The molecule has 1 nitrogen and oxygen atoms in total. The van der Waals surface area contributed by atoms with Crippen molar-refractivity contribution in [2.45, 2.75) is 39.0 Å². The van der Waals surface area contributed by atoms with Gasteiger partial charge in [-0.1, -0.05) is 56.2 Å². The van der Waals surface area contributed by atoms with Gasteiger partial charge >= 0.3 is 0 Å². The number of benzene rings is 2. The molecule has 2 aromatic carbocycles. The van der Waals surface area contributed by atoms with Crippen LogP contribution in [0.4, 0.5) is 8.78 Å². The summed E-state index contributed by atoms with van der Waals surface area (Å²) in [5, 5.41) is 0. The van der Waals surface area contributed by atoms with Gasteiger partial charge < -0.3 is 4.74 Å². The van der Waals surface area contributed by atoms with Crippen LogP contribution in [0.25, 0.3) is 11.1 Å². The molecule has 0 aliphatic rings. The normalized spacial score (nSPS) is 11.5. The van der Waals surface area contributed by atoms with Crippen LogP contribution in [0.5, 0.6) is 5.75 Å². The van der Waals surface area contributed by atoms with E-state index in [1.54, 1.807) is 12.1 Å². The number of rotatable bonds is 7. The maximum atomic E-state index is 13.2. The Kier molecular flexibility index (Phi) is 5.53. The fourth-order valence-electron chi connectivity index (χ4n) is 2.24. The lowest BCUT2D eigenvalue weighted by Gasteiger charge is -2.11.